The summed E-state index contributed by atoms with van der Waals surface area (Å²) in [6.07, 6.45) is 3.28. The van der Waals surface area contributed by atoms with Gasteiger partial charge in [-0.1, -0.05) is 13.3 Å². The summed E-state index contributed by atoms with van der Waals surface area (Å²) in [7, 11) is 0. The van der Waals surface area contributed by atoms with Crippen LogP contribution in [0.4, 0.5) is 0 Å². The van der Waals surface area contributed by atoms with Gasteiger partial charge in [-0.05, 0) is 18.6 Å². The quantitative estimate of drug-likeness (QED) is 0.591. The molecule has 0 amide bonds. The second-order valence-electron chi connectivity index (χ2n) is 3.27. The number of aromatic nitrogens is 1. The number of nitrogens with zero attached hydrogens (tertiary/aromatic N) is 1. The van der Waals surface area contributed by atoms with Crippen molar-refractivity contribution in [1.29, 1.82) is 0 Å². The van der Waals surface area contributed by atoms with Gasteiger partial charge in [-0.2, -0.15) is 0 Å². The molecule has 0 atom stereocenters. The Hall–Kier alpha value is -0.680. The zero-order valence-electron chi connectivity index (χ0n) is 8.95. The number of thiocarbonyl (C=S) groups is 1. The van der Waals surface area contributed by atoms with Gasteiger partial charge in [-0.15, -0.1) is 11.3 Å². The zero-order valence-corrected chi connectivity index (χ0v) is 10.6. The van der Waals surface area contributed by atoms with Crippen LogP contribution in [-0.2, 0) is 6.42 Å². The molecule has 2 N–H and O–H groups in total. The molecule has 0 saturated carbocycles. The van der Waals surface area contributed by atoms with Gasteiger partial charge >= 0.3 is 0 Å². The molecule has 1 heterocycles. The number of unbranched alkanes of at least 4 members (excludes halogenated alkanes) is 1. The Labute approximate surface area is 100 Å². The molecule has 0 saturated heterocycles. The lowest BCUT2D eigenvalue weighted by Crippen LogP contribution is -2.36. The van der Waals surface area contributed by atoms with E-state index in [0.717, 1.165) is 36.7 Å². The van der Waals surface area contributed by atoms with Crippen molar-refractivity contribution in [2.24, 2.45) is 0 Å². The molecule has 0 radical (unpaired) electrons. The van der Waals surface area contributed by atoms with Crippen LogP contribution >= 0.6 is 23.6 Å². The molecule has 0 aromatic carbocycles. The summed E-state index contributed by atoms with van der Waals surface area (Å²) < 4.78 is 0. The van der Waals surface area contributed by atoms with E-state index < -0.39 is 0 Å². The highest BCUT2D eigenvalue weighted by molar-refractivity contribution is 7.80. The molecule has 5 heteroatoms. The van der Waals surface area contributed by atoms with E-state index in [2.05, 4.69) is 27.9 Å². The molecule has 0 spiro atoms. The van der Waals surface area contributed by atoms with E-state index in [0.29, 0.717) is 0 Å². The second kappa shape index (κ2) is 7.59. The van der Waals surface area contributed by atoms with Crippen LogP contribution in [0.25, 0.3) is 0 Å². The van der Waals surface area contributed by atoms with Crippen LogP contribution in [0.15, 0.2) is 10.9 Å². The van der Waals surface area contributed by atoms with E-state index in [-0.39, 0.29) is 0 Å². The predicted octanol–water partition coefficient (Wildman–Crippen LogP) is 1.95. The highest BCUT2D eigenvalue weighted by Crippen LogP contribution is 2.00. The highest BCUT2D eigenvalue weighted by Gasteiger charge is 1.96. The first-order valence-corrected chi connectivity index (χ1v) is 6.56. The molecule has 0 bridgehead atoms. The lowest BCUT2D eigenvalue weighted by atomic mass is 10.3. The van der Waals surface area contributed by atoms with Gasteiger partial charge in [0.2, 0.25) is 0 Å². The van der Waals surface area contributed by atoms with Crippen LogP contribution in [0.3, 0.4) is 0 Å². The summed E-state index contributed by atoms with van der Waals surface area (Å²) in [6, 6.07) is 0. The number of nitrogens with one attached hydrogen (secondary N) is 2. The van der Waals surface area contributed by atoms with Gasteiger partial charge in [0.15, 0.2) is 5.11 Å². The maximum Gasteiger partial charge on any atom is 0.166 e. The van der Waals surface area contributed by atoms with E-state index >= 15 is 0 Å². The van der Waals surface area contributed by atoms with Crippen molar-refractivity contribution in [2.45, 2.75) is 26.2 Å². The molecule has 0 unspecified atom stereocenters. The summed E-state index contributed by atoms with van der Waals surface area (Å²) in [5, 5.41) is 9.14. The topological polar surface area (TPSA) is 37.0 Å². The molecule has 3 nitrogen and oxygen atoms in total. The fourth-order valence-electron chi connectivity index (χ4n) is 1.11. The van der Waals surface area contributed by atoms with E-state index in [4.69, 9.17) is 12.2 Å². The van der Waals surface area contributed by atoms with E-state index in [1.807, 2.05) is 5.51 Å². The molecule has 0 aliphatic heterocycles. The van der Waals surface area contributed by atoms with Crippen LogP contribution < -0.4 is 10.6 Å². The van der Waals surface area contributed by atoms with Crippen molar-refractivity contribution in [1.82, 2.24) is 15.6 Å². The molecule has 0 aliphatic rings. The molecule has 1 aromatic rings. The molecular weight excluding hydrogens is 226 g/mol. The third kappa shape index (κ3) is 5.69. The lowest BCUT2D eigenvalue weighted by molar-refractivity contribution is 0.735. The SMILES string of the molecule is CCCCNC(=S)NCCc1cscn1. The molecule has 0 aliphatic carbocycles. The van der Waals surface area contributed by atoms with E-state index in [1.165, 1.54) is 6.42 Å². The molecule has 1 rings (SSSR count). The van der Waals surface area contributed by atoms with Gasteiger partial charge in [0.05, 0.1) is 11.2 Å². The maximum atomic E-state index is 5.12. The Balaban J connectivity index is 2.02. The summed E-state index contributed by atoms with van der Waals surface area (Å²) in [5.41, 5.74) is 2.98. The van der Waals surface area contributed by atoms with Crippen molar-refractivity contribution in [3.05, 3.63) is 16.6 Å². The van der Waals surface area contributed by atoms with Gasteiger partial charge in [0, 0.05) is 24.9 Å². The van der Waals surface area contributed by atoms with Crippen molar-refractivity contribution < 1.29 is 0 Å². The fraction of sp³-hybridized carbons (Fsp3) is 0.600. The average Bonchev–Trinajstić information content (AvgIpc) is 2.71. The summed E-state index contributed by atoms with van der Waals surface area (Å²) in [6.45, 7) is 3.97. The van der Waals surface area contributed by atoms with Crippen LogP contribution in [-0.4, -0.2) is 23.2 Å². The number of rotatable bonds is 6. The van der Waals surface area contributed by atoms with E-state index in [1.54, 1.807) is 11.3 Å². The van der Waals surface area contributed by atoms with Gasteiger partial charge in [-0.25, -0.2) is 4.98 Å². The van der Waals surface area contributed by atoms with Crippen molar-refractivity contribution >= 4 is 28.7 Å². The Morgan fingerprint density at radius 3 is 2.93 bits per heavy atom. The largest absolute Gasteiger partial charge is 0.363 e. The van der Waals surface area contributed by atoms with Crippen molar-refractivity contribution in [3.8, 4) is 0 Å². The molecule has 0 fully saturated rings. The maximum absolute atomic E-state index is 5.12. The third-order valence-corrected chi connectivity index (χ3v) is 2.89. The zero-order chi connectivity index (χ0) is 10.9. The van der Waals surface area contributed by atoms with Crippen LogP contribution in [0, 0.1) is 0 Å². The Morgan fingerprint density at radius 1 is 1.47 bits per heavy atom. The van der Waals surface area contributed by atoms with Gasteiger partial charge < -0.3 is 10.6 Å². The minimum atomic E-state index is 0.749. The molecule has 15 heavy (non-hydrogen) atoms. The van der Waals surface area contributed by atoms with Crippen LogP contribution in [0.1, 0.15) is 25.5 Å². The highest BCUT2D eigenvalue weighted by atomic mass is 32.1. The average molecular weight is 243 g/mol. The van der Waals surface area contributed by atoms with Crippen LogP contribution in [0.5, 0.6) is 0 Å². The second-order valence-corrected chi connectivity index (χ2v) is 4.39. The normalized spacial score (nSPS) is 9.93. The Bertz CT molecular complexity index is 272. The number of hydrogen-bond acceptors (Lipinski definition) is 3. The third-order valence-electron chi connectivity index (χ3n) is 1.97. The van der Waals surface area contributed by atoms with Gasteiger partial charge in [0.25, 0.3) is 0 Å². The van der Waals surface area contributed by atoms with Gasteiger partial charge in [0.1, 0.15) is 0 Å². The first-order chi connectivity index (χ1) is 7.33. The van der Waals surface area contributed by atoms with Crippen molar-refractivity contribution in [2.75, 3.05) is 13.1 Å². The summed E-state index contributed by atoms with van der Waals surface area (Å²) in [4.78, 5) is 4.20. The molecular formula is C10H17N3S2. The predicted molar refractivity (Wildman–Crippen MR) is 69.3 cm³/mol. The molecule has 84 valence electrons. The fourth-order valence-corrected chi connectivity index (χ4v) is 1.90. The smallest absolute Gasteiger partial charge is 0.166 e. The number of thiazole rings is 1. The minimum absolute atomic E-state index is 0.749. The minimum Gasteiger partial charge on any atom is -0.363 e. The van der Waals surface area contributed by atoms with E-state index in [9.17, 15) is 0 Å². The summed E-state index contributed by atoms with van der Waals surface area (Å²) >= 11 is 6.75. The molecule has 1 aromatic heterocycles. The van der Waals surface area contributed by atoms with Gasteiger partial charge in [-0.3, -0.25) is 0 Å². The Morgan fingerprint density at radius 2 is 2.27 bits per heavy atom. The summed E-state index contributed by atoms with van der Waals surface area (Å²) in [5.74, 6) is 0. The monoisotopic (exact) mass is 243 g/mol. The first kappa shape index (κ1) is 12.4. The van der Waals surface area contributed by atoms with Crippen LogP contribution in [0.2, 0.25) is 0 Å². The van der Waals surface area contributed by atoms with Crippen molar-refractivity contribution in [3.63, 3.8) is 0 Å². The Kier molecular flexibility index (Phi) is 6.27. The standard InChI is InChI=1S/C10H17N3S2/c1-2-3-5-11-10(14)12-6-4-9-7-15-8-13-9/h7-8H,2-6H2,1H3,(H2,11,12,14). The first-order valence-electron chi connectivity index (χ1n) is 5.21. The lowest BCUT2D eigenvalue weighted by Gasteiger charge is -2.08. The number of hydrogen-bond donors (Lipinski definition) is 2.